The number of aliphatic hydroxyl groups excluding tert-OH is 1. The molecule has 1 aromatic heterocycles. The molecule has 1 amide bonds. The third-order valence-corrected chi connectivity index (χ3v) is 2.89. The molecule has 1 atom stereocenters. The fourth-order valence-corrected chi connectivity index (χ4v) is 1.91. The summed E-state index contributed by atoms with van der Waals surface area (Å²) in [4.78, 5) is 38.5. The first-order chi connectivity index (χ1) is 10.1. The zero-order chi connectivity index (χ0) is 15.2. The molecule has 0 spiro atoms. The monoisotopic (exact) mass is 289 g/mol. The maximum Gasteiger partial charge on any atom is 0.326 e. The number of aliphatic hydroxyl groups is 1. The summed E-state index contributed by atoms with van der Waals surface area (Å²) in [5, 5.41) is 11.9. The number of amides is 1. The topological polar surface area (TPSA) is 115 Å². The molecule has 110 valence electrons. The van der Waals surface area contributed by atoms with Crippen LogP contribution in [0.4, 0.5) is 0 Å². The van der Waals surface area contributed by atoms with Crippen LogP contribution in [0.2, 0.25) is 0 Å². The number of benzene rings is 1. The molecule has 21 heavy (non-hydrogen) atoms. The summed E-state index contributed by atoms with van der Waals surface area (Å²) in [7, 11) is 0. The molecule has 0 aliphatic carbocycles. The number of carbonyl (C=O) groups excluding carboxylic acids is 1. The molecule has 0 saturated carbocycles. The molecule has 0 fully saturated rings. The zero-order valence-corrected chi connectivity index (χ0v) is 11.1. The Hall–Kier alpha value is -2.67. The number of nitrogens with one attached hydrogen (secondary N) is 3. The van der Waals surface area contributed by atoms with Crippen LogP contribution in [0, 0.1) is 0 Å². The van der Waals surface area contributed by atoms with E-state index >= 15 is 0 Å². The molecule has 0 radical (unpaired) electrons. The highest BCUT2D eigenvalue weighted by Crippen LogP contribution is 2.03. The van der Waals surface area contributed by atoms with Gasteiger partial charge in [-0.25, -0.2) is 4.79 Å². The molecule has 0 aliphatic rings. The minimum Gasteiger partial charge on any atom is -0.394 e. The number of carbonyl (C=O) groups is 1. The Labute approximate surface area is 119 Å². The first-order valence-corrected chi connectivity index (χ1v) is 6.38. The average Bonchev–Trinajstić information content (AvgIpc) is 2.46. The molecule has 0 aliphatic heterocycles. The number of hydrogen-bond donors (Lipinski definition) is 4. The van der Waals surface area contributed by atoms with Crippen LogP contribution in [-0.2, 0) is 6.42 Å². The highest BCUT2D eigenvalue weighted by Gasteiger charge is 2.14. The molecular formula is C14H15N3O4. The largest absolute Gasteiger partial charge is 0.394 e. The van der Waals surface area contributed by atoms with Gasteiger partial charge in [0.15, 0.2) is 0 Å². The van der Waals surface area contributed by atoms with Crippen molar-refractivity contribution in [3.63, 3.8) is 0 Å². The predicted molar refractivity (Wildman–Crippen MR) is 76.2 cm³/mol. The summed E-state index contributed by atoms with van der Waals surface area (Å²) >= 11 is 0. The lowest BCUT2D eigenvalue weighted by Crippen LogP contribution is -2.40. The molecule has 0 bridgehead atoms. The van der Waals surface area contributed by atoms with Crippen molar-refractivity contribution < 1.29 is 9.90 Å². The molecule has 1 aromatic carbocycles. The van der Waals surface area contributed by atoms with E-state index in [0.717, 1.165) is 11.6 Å². The SMILES string of the molecule is O=C(NC(CO)Cc1ccccc1)c1cc(=O)[nH]c(=O)[nH]1. The zero-order valence-electron chi connectivity index (χ0n) is 11.1. The summed E-state index contributed by atoms with van der Waals surface area (Å²) in [6.07, 6.45) is 0.441. The van der Waals surface area contributed by atoms with Crippen LogP contribution < -0.4 is 16.6 Å². The van der Waals surface area contributed by atoms with E-state index in [2.05, 4.69) is 10.3 Å². The van der Waals surface area contributed by atoms with Crippen molar-refractivity contribution in [3.8, 4) is 0 Å². The van der Waals surface area contributed by atoms with Gasteiger partial charge in [0.05, 0.1) is 12.6 Å². The molecule has 0 saturated heterocycles. The van der Waals surface area contributed by atoms with Crippen molar-refractivity contribution in [2.75, 3.05) is 6.61 Å². The lowest BCUT2D eigenvalue weighted by Gasteiger charge is -2.16. The lowest BCUT2D eigenvalue weighted by atomic mass is 10.1. The van der Waals surface area contributed by atoms with E-state index in [1.807, 2.05) is 35.3 Å². The maximum absolute atomic E-state index is 12.0. The van der Waals surface area contributed by atoms with E-state index in [1.54, 1.807) is 0 Å². The van der Waals surface area contributed by atoms with Gasteiger partial charge < -0.3 is 15.4 Å². The third kappa shape index (κ3) is 4.15. The van der Waals surface area contributed by atoms with Gasteiger partial charge in [-0.3, -0.25) is 14.6 Å². The highest BCUT2D eigenvalue weighted by molar-refractivity contribution is 5.92. The molecule has 1 unspecified atom stereocenters. The number of aromatic nitrogens is 2. The number of H-pyrrole nitrogens is 2. The van der Waals surface area contributed by atoms with Crippen molar-refractivity contribution >= 4 is 5.91 Å². The van der Waals surface area contributed by atoms with Gasteiger partial charge in [-0.15, -0.1) is 0 Å². The van der Waals surface area contributed by atoms with Gasteiger partial charge in [0.25, 0.3) is 11.5 Å². The number of rotatable bonds is 5. The Morgan fingerprint density at radius 1 is 1.19 bits per heavy atom. The smallest absolute Gasteiger partial charge is 0.326 e. The second-order valence-corrected chi connectivity index (χ2v) is 4.54. The summed E-state index contributed by atoms with van der Waals surface area (Å²) in [5.41, 5.74) is -0.602. The first kappa shape index (κ1) is 14.7. The Kier molecular flexibility index (Phi) is 4.68. The summed E-state index contributed by atoms with van der Waals surface area (Å²) in [5.74, 6) is -0.617. The van der Waals surface area contributed by atoms with E-state index in [1.165, 1.54) is 0 Å². The molecule has 2 aromatic rings. The normalized spacial score (nSPS) is 11.9. The van der Waals surface area contributed by atoms with E-state index < -0.39 is 23.2 Å². The van der Waals surface area contributed by atoms with Crippen molar-refractivity contribution in [2.45, 2.75) is 12.5 Å². The van der Waals surface area contributed by atoms with Gasteiger partial charge in [-0.05, 0) is 12.0 Å². The molecule has 1 heterocycles. The van der Waals surface area contributed by atoms with Crippen LogP contribution in [0.15, 0.2) is 46.0 Å². The van der Waals surface area contributed by atoms with Crippen molar-refractivity contribution in [2.24, 2.45) is 0 Å². The van der Waals surface area contributed by atoms with Crippen molar-refractivity contribution in [1.82, 2.24) is 15.3 Å². The standard InChI is InChI=1S/C14H15N3O4/c18-8-10(6-9-4-2-1-3-5-9)15-13(20)11-7-12(19)17-14(21)16-11/h1-5,7,10,18H,6,8H2,(H,15,20)(H2,16,17,19,21). The van der Waals surface area contributed by atoms with Gasteiger partial charge in [0.1, 0.15) is 5.69 Å². The Balaban J connectivity index is 2.09. The van der Waals surface area contributed by atoms with Gasteiger partial charge in [-0.1, -0.05) is 30.3 Å². The van der Waals surface area contributed by atoms with Crippen LogP contribution in [0.5, 0.6) is 0 Å². The van der Waals surface area contributed by atoms with E-state index in [4.69, 9.17) is 0 Å². The van der Waals surface area contributed by atoms with Crippen LogP contribution in [-0.4, -0.2) is 33.6 Å². The molecular weight excluding hydrogens is 274 g/mol. The van der Waals surface area contributed by atoms with Crippen molar-refractivity contribution in [1.29, 1.82) is 0 Å². The second kappa shape index (κ2) is 6.67. The Bertz CT molecular complexity index is 692. The average molecular weight is 289 g/mol. The lowest BCUT2D eigenvalue weighted by molar-refractivity contribution is 0.0910. The summed E-state index contributed by atoms with van der Waals surface area (Å²) in [6.45, 7) is -0.256. The van der Waals surface area contributed by atoms with Crippen LogP contribution in [0.3, 0.4) is 0 Å². The van der Waals surface area contributed by atoms with Crippen LogP contribution >= 0.6 is 0 Å². The fraction of sp³-hybridized carbons (Fsp3) is 0.214. The quantitative estimate of drug-likeness (QED) is 0.588. The fourth-order valence-electron chi connectivity index (χ4n) is 1.91. The third-order valence-electron chi connectivity index (χ3n) is 2.89. The van der Waals surface area contributed by atoms with Gasteiger partial charge in [0.2, 0.25) is 0 Å². The molecule has 2 rings (SSSR count). The Morgan fingerprint density at radius 3 is 2.52 bits per heavy atom. The number of aromatic amines is 2. The van der Waals surface area contributed by atoms with Gasteiger partial charge in [0, 0.05) is 6.07 Å². The van der Waals surface area contributed by atoms with Gasteiger partial charge in [-0.2, -0.15) is 0 Å². The minimum atomic E-state index is -0.753. The van der Waals surface area contributed by atoms with E-state index in [9.17, 15) is 19.5 Å². The van der Waals surface area contributed by atoms with E-state index in [-0.39, 0.29) is 12.3 Å². The number of hydrogen-bond acceptors (Lipinski definition) is 4. The van der Waals surface area contributed by atoms with Crippen molar-refractivity contribution in [3.05, 3.63) is 68.5 Å². The maximum atomic E-state index is 12.0. The second-order valence-electron chi connectivity index (χ2n) is 4.54. The minimum absolute atomic E-state index is 0.143. The van der Waals surface area contributed by atoms with Crippen LogP contribution in [0.1, 0.15) is 16.1 Å². The molecule has 7 nitrogen and oxygen atoms in total. The predicted octanol–water partition coefficient (Wildman–Crippen LogP) is -0.603. The van der Waals surface area contributed by atoms with Crippen LogP contribution in [0.25, 0.3) is 0 Å². The van der Waals surface area contributed by atoms with E-state index in [0.29, 0.717) is 6.42 Å². The molecule has 7 heteroatoms. The van der Waals surface area contributed by atoms with Gasteiger partial charge >= 0.3 is 5.69 Å². The highest BCUT2D eigenvalue weighted by atomic mass is 16.3. The molecule has 4 N–H and O–H groups in total. The summed E-state index contributed by atoms with van der Waals surface area (Å²) in [6, 6.07) is 9.83. The first-order valence-electron chi connectivity index (χ1n) is 6.38. The summed E-state index contributed by atoms with van der Waals surface area (Å²) < 4.78 is 0. The Morgan fingerprint density at radius 2 is 1.90 bits per heavy atom.